The number of rotatable bonds is 8. The molecule has 1 N–H and O–H groups in total. The standard InChI is InChI=1S/C30H39NO3/c32-24(20-33-25-9-2-1-3-10-25)21-34-26-13-12-23-17-29-27-11-4-5-14-30(27,28(23)18-26)15-16-31(29)19-22-7-6-8-22/h1-3,9-10,12-13,18,22,24,27,29,32H,4-8,11,14-17,19-21H2/t24?,27-,29+,30+/m0/s1. The van der Waals surface area contributed by atoms with Crippen LogP contribution in [0.3, 0.4) is 0 Å². The maximum Gasteiger partial charge on any atom is 0.122 e. The lowest BCUT2D eigenvalue weighted by Crippen LogP contribution is -2.61. The average molecular weight is 462 g/mol. The zero-order valence-corrected chi connectivity index (χ0v) is 20.3. The van der Waals surface area contributed by atoms with Crippen molar-refractivity contribution in [3.63, 3.8) is 0 Å². The Balaban J connectivity index is 1.15. The maximum atomic E-state index is 10.4. The Bertz CT molecular complexity index is 974. The van der Waals surface area contributed by atoms with Crippen LogP contribution in [-0.2, 0) is 11.8 Å². The molecule has 2 bridgehead atoms. The van der Waals surface area contributed by atoms with Gasteiger partial charge in [-0.05, 0) is 92.3 Å². The molecule has 0 aromatic heterocycles. The molecule has 4 atom stereocenters. The first-order valence-electron chi connectivity index (χ1n) is 13.6. The van der Waals surface area contributed by atoms with E-state index in [1.165, 1.54) is 70.9 Å². The second kappa shape index (κ2) is 9.54. The summed E-state index contributed by atoms with van der Waals surface area (Å²) in [5.41, 5.74) is 3.44. The van der Waals surface area contributed by atoms with Gasteiger partial charge in [0.05, 0.1) is 0 Å². The minimum atomic E-state index is -0.657. The Morgan fingerprint density at radius 1 is 0.912 bits per heavy atom. The van der Waals surface area contributed by atoms with E-state index in [1.807, 2.05) is 30.3 Å². The van der Waals surface area contributed by atoms with Crippen LogP contribution in [0.15, 0.2) is 48.5 Å². The first kappa shape index (κ1) is 22.4. The number of fused-ring (bicyclic) bond motifs is 1. The molecule has 3 aliphatic carbocycles. The van der Waals surface area contributed by atoms with E-state index in [-0.39, 0.29) is 13.2 Å². The topological polar surface area (TPSA) is 41.9 Å². The van der Waals surface area contributed by atoms with Gasteiger partial charge in [0, 0.05) is 18.0 Å². The summed E-state index contributed by atoms with van der Waals surface area (Å²) >= 11 is 0. The molecular formula is C30H39NO3. The summed E-state index contributed by atoms with van der Waals surface area (Å²) in [6, 6.07) is 17.1. The van der Waals surface area contributed by atoms with E-state index in [2.05, 4.69) is 23.1 Å². The van der Waals surface area contributed by atoms with Crippen molar-refractivity contribution in [2.45, 2.75) is 75.3 Å². The Morgan fingerprint density at radius 2 is 1.74 bits per heavy atom. The number of para-hydroxylation sites is 1. The molecule has 3 fully saturated rings. The third kappa shape index (κ3) is 4.24. The zero-order chi connectivity index (χ0) is 23.0. The van der Waals surface area contributed by atoms with E-state index < -0.39 is 6.10 Å². The van der Waals surface area contributed by atoms with Gasteiger partial charge in [-0.1, -0.05) is 43.5 Å². The van der Waals surface area contributed by atoms with E-state index in [0.29, 0.717) is 5.41 Å². The van der Waals surface area contributed by atoms with E-state index in [9.17, 15) is 5.11 Å². The van der Waals surface area contributed by atoms with Crippen LogP contribution in [0.4, 0.5) is 0 Å². The van der Waals surface area contributed by atoms with Gasteiger partial charge in [0.15, 0.2) is 0 Å². The lowest BCUT2D eigenvalue weighted by molar-refractivity contribution is -0.0241. The average Bonchev–Trinajstić information content (AvgIpc) is 2.85. The molecule has 1 saturated heterocycles. The largest absolute Gasteiger partial charge is 0.491 e. The van der Waals surface area contributed by atoms with Gasteiger partial charge in [-0.25, -0.2) is 0 Å². The fraction of sp³-hybridized carbons (Fsp3) is 0.600. The van der Waals surface area contributed by atoms with E-state index in [1.54, 1.807) is 11.1 Å². The second-order valence-corrected chi connectivity index (χ2v) is 11.2. The van der Waals surface area contributed by atoms with Crippen LogP contribution in [0.5, 0.6) is 11.5 Å². The van der Waals surface area contributed by atoms with Crippen LogP contribution in [0.1, 0.15) is 62.5 Å². The van der Waals surface area contributed by atoms with E-state index in [4.69, 9.17) is 9.47 Å². The number of nitrogens with zero attached hydrogens (tertiary/aromatic N) is 1. The van der Waals surface area contributed by atoms with Gasteiger partial charge in [-0.3, -0.25) is 4.90 Å². The van der Waals surface area contributed by atoms with Crippen molar-refractivity contribution < 1.29 is 14.6 Å². The fourth-order valence-electron chi connectivity index (χ4n) is 7.34. The number of ether oxygens (including phenoxy) is 2. The predicted octanol–water partition coefficient (Wildman–Crippen LogP) is 5.36. The number of likely N-dealkylation sites (tertiary alicyclic amines) is 1. The normalized spacial score (nSPS) is 29.4. The minimum Gasteiger partial charge on any atom is -0.491 e. The molecule has 2 saturated carbocycles. The van der Waals surface area contributed by atoms with E-state index >= 15 is 0 Å². The highest BCUT2D eigenvalue weighted by molar-refractivity contribution is 5.45. The quantitative estimate of drug-likeness (QED) is 0.574. The first-order valence-corrected chi connectivity index (χ1v) is 13.6. The lowest BCUT2D eigenvalue weighted by Gasteiger charge is -2.59. The van der Waals surface area contributed by atoms with Crippen molar-refractivity contribution >= 4 is 0 Å². The Kier molecular flexibility index (Phi) is 6.30. The van der Waals surface area contributed by atoms with Crippen LogP contribution in [0.25, 0.3) is 0 Å². The monoisotopic (exact) mass is 461 g/mol. The van der Waals surface area contributed by atoms with E-state index in [0.717, 1.165) is 29.4 Å². The van der Waals surface area contributed by atoms with Gasteiger partial charge in [0.1, 0.15) is 30.8 Å². The van der Waals surface area contributed by atoms with Gasteiger partial charge < -0.3 is 14.6 Å². The highest BCUT2D eigenvalue weighted by Gasteiger charge is 2.54. The van der Waals surface area contributed by atoms with Crippen LogP contribution in [0, 0.1) is 11.8 Å². The van der Waals surface area contributed by atoms with Gasteiger partial charge in [0.2, 0.25) is 0 Å². The Hall–Kier alpha value is -2.04. The summed E-state index contributed by atoms with van der Waals surface area (Å²) < 4.78 is 11.8. The zero-order valence-electron chi connectivity index (χ0n) is 20.3. The molecule has 2 aromatic rings. The van der Waals surface area contributed by atoms with Crippen LogP contribution >= 0.6 is 0 Å². The van der Waals surface area contributed by atoms with Crippen molar-refractivity contribution in [2.75, 3.05) is 26.3 Å². The molecule has 4 heteroatoms. The minimum absolute atomic E-state index is 0.236. The van der Waals surface area contributed by atoms with Crippen LogP contribution < -0.4 is 9.47 Å². The van der Waals surface area contributed by atoms with Crippen molar-refractivity contribution in [1.82, 2.24) is 4.90 Å². The molecule has 1 unspecified atom stereocenters. The molecule has 0 amide bonds. The third-order valence-corrected chi connectivity index (χ3v) is 9.27. The molecule has 0 radical (unpaired) electrons. The maximum absolute atomic E-state index is 10.4. The molecule has 4 nitrogen and oxygen atoms in total. The molecule has 6 rings (SSSR count). The summed E-state index contributed by atoms with van der Waals surface area (Å²) in [7, 11) is 0. The van der Waals surface area contributed by atoms with Crippen molar-refractivity contribution in [2.24, 2.45) is 11.8 Å². The summed E-state index contributed by atoms with van der Waals surface area (Å²) in [6.45, 7) is 3.08. The van der Waals surface area contributed by atoms with Crippen LogP contribution in [-0.4, -0.2) is 48.5 Å². The molecule has 4 aliphatic rings. The molecule has 0 spiro atoms. The van der Waals surface area contributed by atoms with Crippen LogP contribution in [0.2, 0.25) is 0 Å². The molecule has 2 aromatic carbocycles. The van der Waals surface area contributed by atoms with Crippen molar-refractivity contribution in [1.29, 1.82) is 0 Å². The summed E-state index contributed by atoms with van der Waals surface area (Å²) in [5.74, 6) is 3.41. The molecule has 34 heavy (non-hydrogen) atoms. The smallest absolute Gasteiger partial charge is 0.122 e. The Labute approximate surface area is 204 Å². The lowest BCUT2D eigenvalue weighted by atomic mass is 9.52. The number of piperidine rings is 1. The van der Waals surface area contributed by atoms with Gasteiger partial charge in [0.25, 0.3) is 0 Å². The fourth-order valence-corrected chi connectivity index (χ4v) is 7.34. The number of aliphatic hydroxyl groups excluding tert-OH is 1. The predicted molar refractivity (Wildman–Crippen MR) is 135 cm³/mol. The number of aliphatic hydroxyl groups is 1. The van der Waals surface area contributed by atoms with Gasteiger partial charge >= 0.3 is 0 Å². The van der Waals surface area contributed by atoms with Crippen molar-refractivity contribution in [3.8, 4) is 11.5 Å². The molecule has 1 aliphatic heterocycles. The van der Waals surface area contributed by atoms with Crippen molar-refractivity contribution in [3.05, 3.63) is 59.7 Å². The first-order chi connectivity index (χ1) is 16.7. The molecular weight excluding hydrogens is 422 g/mol. The highest BCUT2D eigenvalue weighted by Crippen LogP contribution is 2.56. The Morgan fingerprint density at radius 3 is 2.53 bits per heavy atom. The molecule has 1 heterocycles. The summed E-state index contributed by atoms with van der Waals surface area (Å²) in [4.78, 5) is 2.88. The number of benzene rings is 2. The number of hydrogen-bond acceptors (Lipinski definition) is 4. The van der Waals surface area contributed by atoms with Gasteiger partial charge in [-0.2, -0.15) is 0 Å². The third-order valence-electron chi connectivity index (χ3n) is 9.27. The summed E-state index contributed by atoms with van der Waals surface area (Å²) in [5, 5.41) is 10.4. The molecule has 182 valence electrons. The highest BCUT2D eigenvalue weighted by atomic mass is 16.5. The summed E-state index contributed by atoms with van der Waals surface area (Å²) in [6.07, 6.45) is 11.6. The SMILES string of the molecule is OC(COc1ccccc1)COc1ccc2c(c1)[C@@]13CCCC[C@H]1[C@@H](C2)N(CC1CCC1)CC3. The number of hydrogen-bond donors (Lipinski definition) is 1. The van der Waals surface area contributed by atoms with Gasteiger partial charge in [-0.15, -0.1) is 0 Å². The second-order valence-electron chi connectivity index (χ2n) is 11.2.